The molecule has 8 rings (SSSR count). The van der Waals surface area contributed by atoms with E-state index in [2.05, 4.69) is 58.1 Å². The number of carbonyl (C=O) groups excluding carboxylic acids is 12. The van der Waals surface area contributed by atoms with E-state index in [-0.39, 0.29) is 156 Å². The molecule has 40 nitrogen and oxygen atoms in total. The molecule has 3 heterocycles. The number of benzene rings is 5. The number of Topliss-reactive ketones (excluding diaryl/α,β-unsaturated/α-hetero) is 1. The number of nitrogens with zero attached hydrogens (tertiary/aromatic N) is 6. The standard InChI is InChI=1S/C80H104N18O22S2/c1-46-35-50(51-15-21-57(47(2)36-51)93-94-58-22-18-54-65(122(117,118)119)23-19-55(81)72(54)73(58)110)14-20-56(46)89-77(114)59(88-67(103)41-95-29-30-96(42-71(108)109)32-34-97(33-31-95)44-120-45-99)9-4-6-25-84-66(102)24-28-98-69(105)40-64(79(98)116)121-43-68(104)85-26-7-5-10-60-78(115)91-61(11-8-27-86-80(82)83)76(113)87-48(3)74(111)92-62(39-70(106)107)63(101)38-52(75(112)90-60)37-49-12-16-53(100)17-13-49/h12-23,35-36,45,48,52,59-62,64,100,110H,4-11,24-34,37-44,81H2,1-3H3,(H,84,102)(H,85,104)(H,87,113)(H,88,103)(H,89,114)(H,90,112)(H,91,115)(H,92,111)(H,106,107)(H,108,109)(H4,82,83,86)(H,117,118,119)/t48?,52-,59-,60-,61+,62+,64?/m1/s1. The van der Waals surface area contributed by atoms with Crippen LogP contribution in [0.1, 0.15) is 101 Å². The van der Waals surface area contributed by atoms with Crippen LogP contribution in [-0.2, 0) is 88.4 Å². The normalized spacial score (nSPS) is 19.1. The number of phenols is 2. The number of carboxylic acid groups (broad SMARTS) is 2. The number of phenolic OH excluding ortho intramolecular Hbond substituents is 2. The number of carbonyl (C=O) groups is 14. The van der Waals surface area contributed by atoms with Gasteiger partial charge in [-0.1, -0.05) is 30.3 Å². The molecule has 5 aromatic carbocycles. The molecule has 3 saturated heterocycles. The van der Waals surface area contributed by atoms with Crippen molar-refractivity contribution in [2.45, 2.75) is 145 Å². The summed E-state index contributed by atoms with van der Waals surface area (Å²) in [6.07, 6.45) is -1.00. The maximum Gasteiger partial charge on any atom is 0.317 e. The fourth-order valence-electron chi connectivity index (χ4n) is 13.9. The second-order valence-corrected chi connectivity index (χ2v) is 32.4. The van der Waals surface area contributed by atoms with Crippen molar-refractivity contribution in [3.8, 4) is 22.6 Å². The number of fused-ring (bicyclic) bond motifs is 1. The van der Waals surface area contributed by atoms with E-state index in [1.165, 1.54) is 49.4 Å². The number of hydrogen-bond acceptors (Lipinski definition) is 27. The number of nitrogens with two attached hydrogens (primary N) is 2. The number of nitrogen functional groups attached to an aromatic ring is 1. The fourth-order valence-corrected chi connectivity index (χ4v) is 15.6. The van der Waals surface area contributed by atoms with E-state index < -0.39 is 152 Å². The number of hydrogen-bond donors (Lipinski definition) is 17. The maximum absolute atomic E-state index is 14.4. The predicted molar refractivity (Wildman–Crippen MR) is 446 cm³/mol. The van der Waals surface area contributed by atoms with E-state index in [4.69, 9.17) is 21.6 Å². The van der Waals surface area contributed by atoms with E-state index in [0.717, 1.165) is 33.9 Å². The molecular formula is C80H104N18O22S2. The molecule has 0 bridgehead atoms. The highest BCUT2D eigenvalue weighted by molar-refractivity contribution is 8.01. The number of anilines is 2. The molecule has 3 fully saturated rings. The number of thioether (sulfide) groups is 1. The summed E-state index contributed by atoms with van der Waals surface area (Å²) in [5.41, 5.74) is 15.7. The second kappa shape index (κ2) is 46.0. The number of azo groups is 1. The first-order valence-electron chi connectivity index (χ1n) is 39.5. The Kier molecular flexibility index (Phi) is 35.9. The van der Waals surface area contributed by atoms with Crippen LogP contribution < -0.4 is 59.3 Å². The Bertz CT molecular complexity index is 4850. The molecule has 7 atom stereocenters. The Hall–Kier alpha value is -12.3. The number of rotatable bonds is 38. The van der Waals surface area contributed by atoms with Crippen LogP contribution in [0.15, 0.2) is 100 Å². The maximum atomic E-state index is 14.4. The van der Waals surface area contributed by atoms with Gasteiger partial charge < -0.3 is 84.5 Å². The van der Waals surface area contributed by atoms with E-state index in [0.29, 0.717) is 73.6 Å². The van der Waals surface area contributed by atoms with Crippen LogP contribution in [0, 0.1) is 25.2 Å². The number of carboxylic acids is 2. The molecular weight excluding hydrogens is 1630 g/mol. The molecule has 0 aromatic heterocycles. The van der Waals surface area contributed by atoms with Crippen LogP contribution in [0.25, 0.3) is 21.9 Å². The molecule has 10 amide bonds. The third kappa shape index (κ3) is 29.3. The van der Waals surface area contributed by atoms with Gasteiger partial charge in [0.1, 0.15) is 47.2 Å². The summed E-state index contributed by atoms with van der Waals surface area (Å²) in [5, 5.41) is 79.6. The summed E-state index contributed by atoms with van der Waals surface area (Å²) in [6, 6.07) is 14.6. The molecule has 122 heavy (non-hydrogen) atoms. The minimum Gasteiger partial charge on any atom is -0.508 e. The molecule has 658 valence electrons. The Morgan fingerprint density at radius 2 is 1.27 bits per heavy atom. The van der Waals surface area contributed by atoms with Crippen molar-refractivity contribution >= 4 is 145 Å². The third-order valence-corrected chi connectivity index (χ3v) is 22.7. The van der Waals surface area contributed by atoms with Gasteiger partial charge in [-0.25, -0.2) is 0 Å². The molecule has 0 radical (unpaired) electrons. The first-order chi connectivity index (χ1) is 58.0. The zero-order valence-electron chi connectivity index (χ0n) is 67.6. The minimum absolute atomic E-state index is 0.0119. The number of unbranched alkanes of at least 4 members (excludes halogenated alkanes) is 2. The van der Waals surface area contributed by atoms with Crippen molar-refractivity contribution in [1.82, 2.24) is 62.1 Å². The third-order valence-electron chi connectivity index (χ3n) is 20.6. The number of aliphatic carboxylic acids is 2. The largest absolute Gasteiger partial charge is 0.508 e. The highest BCUT2D eigenvalue weighted by Crippen LogP contribution is 2.42. The van der Waals surface area contributed by atoms with Crippen LogP contribution in [0.2, 0.25) is 0 Å². The van der Waals surface area contributed by atoms with Gasteiger partial charge in [-0.15, -0.1) is 16.9 Å². The lowest BCUT2D eigenvalue weighted by molar-refractivity contribution is -0.141. The summed E-state index contributed by atoms with van der Waals surface area (Å²) in [5.74, 6) is -12.4. The van der Waals surface area contributed by atoms with Gasteiger partial charge in [0.05, 0.1) is 47.6 Å². The van der Waals surface area contributed by atoms with E-state index >= 15 is 0 Å². The van der Waals surface area contributed by atoms with Crippen LogP contribution >= 0.6 is 11.8 Å². The number of aryl methyl sites for hydroxylation is 2. The van der Waals surface area contributed by atoms with Crippen LogP contribution in [0.3, 0.4) is 0 Å². The Morgan fingerprint density at radius 3 is 1.92 bits per heavy atom. The predicted octanol–water partition coefficient (Wildman–Crippen LogP) is 1.69. The highest BCUT2D eigenvalue weighted by Gasteiger charge is 2.40. The topological polar surface area (TPSA) is 605 Å². The van der Waals surface area contributed by atoms with Gasteiger partial charge >= 0.3 is 11.9 Å². The molecule has 0 spiro atoms. The second-order valence-electron chi connectivity index (χ2n) is 29.8. The van der Waals surface area contributed by atoms with Crippen molar-refractivity contribution in [3.05, 3.63) is 102 Å². The quantitative estimate of drug-likeness (QED) is 0.00391. The number of ketones is 1. The molecule has 2 unspecified atom stereocenters. The Morgan fingerprint density at radius 1 is 0.672 bits per heavy atom. The van der Waals surface area contributed by atoms with Crippen molar-refractivity contribution in [2.24, 2.45) is 21.9 Å². The SMILES string of the molecule is Cc1cc(-c2ccc(NC(=O)[C@@H](CCCCNC(=O)CCN3C(=O)CC(SCC(=O)NCCCC[C@H]4NC(=O)[C@H](Cc5ccc(O)cc5)CC(=O)[C@H](CC(=O)O)NC(=O)C(C)NC(=O)[C@H](CCCNC(=N)N)NC4=O)C3=O)NC(=O)CN3CCN(COC=O)CCN(CC(=O)O)CC3)c(C)c2)ccc1N=Nc1ccc2c(S(=O)(=O)O)ccc(N)c2c1O. The molecule has 0 aliphatic carbocycles. The number of amides is 10. The lowest BCUT2D eigenvalue weighted by Gasteiger charge is -2.26. The summed E-state index contributed by atoms with van der Waals surface area (Å²) < 4.78 is 38.8. The first kappa shape index (κ1) is 95.2. The van der Waals surface area contributed by atoms with Crippen LogP contribution in [0.5, 0.6) is 11.5 Å². The van der Waals surface area contributed by atoms with E-state index in [1.54, 1.807) is 52.8 Å². The van der Waals surface area contributed by atoms with Gasteiger partial charge in [0, 0.05) is 107 Å². The molecule has 3 aliphatic rings. The van der Waals surface area contributed by atoms with Crippen LogP contribution in [0.4, 0.5) is 22.7 Å². The van der Waals surface area contributed by atoms with E-state index in [1.807, 2.05) is 12.1 Å². The Labute approximate surface area is 706 Å². The van der Waals surface area contributed by atoms with E-state index in [9.17, 15) is 101 Å². The zero-order chi connectivity index (χ0) is 88.9. The number of aromatic hydroxyl groups is 2. The lowest BCUT2D eigenvalue weighted by atomic mass is 9.90. The van der Waals surface area contributed by atoms with Gasteiger partial charge in [0.2, 0.25) is 59.1 Å². The number of nitrogens with one attached hydrogen (secondary N) is 10. The Balaban J connectivity index is 0.839. The lowest BCUT2D eigenvalue weighted by Crippen LogP contribution is -2.57. The summed E-state index contributed by atoms with van der Waals surface area (Å²) in [6.45, 7) is 6.60. The number of likely N-dealkylation sites (tertiary alicyclic amines) is 1. The first-order valence-corrected chi connectivity index (χ1v) is 42.0. The molecule has 42 heteroatoms. The number of guanidine groups is 1. The zero-order valence-corrected chi connectivity index (χ0v) is 69.3. The number of imide groups is 1. The van der Waals surface area contributed by atoms with Crippen molar-refractivity contribution < 1.29 is 105 Å². The van der Waals surface area contributed by atoms with Gasteiger partial charge in [0.25, 0.3) is 16.6 Å². The molecule has 0 saturated carbocycles. The minimum atomic E-state index is -4.66. The summed E-state index contributed by atoms with van der Waals surface area (Å²) in [4.78, 5) is 192. The summed E-state index contributed by atoms with van der Waals surface area (Å²) in [7, 11) is -4.66. The molecule has 19 N–H and O–H groups in total. The van der Waals surface area contributed by atoms with Gasteiger partial charge in [-0.2, -0.15) is 13.5 Å². The fraction of sp³-hybridized carbons (Fsp3) is 0.463. The van der Waals surface area contributed by atoms with Gasteiger partial charge in [0.15, 0.2) is 17.5 Å². The van der Waals surface area contributed by atoms with Gasteiger partial charge in [-0.3, -0.25) is 96.7 Å². The van der Waals surface area contributed by atoms with Crippen molar-refractivity contribution in [3.63, 3.8) is 0 Å². The van der Waals surface area contributed by atoms with Crippen molar-refractivity contribution in [2.75, 3.05) is 102 Å². The molecule has 3 aliphatic heterocycles. The average molecular weight is 1730 g/mol. The van der Waals surface area contributed by atoms with Crippen molar-refractivity contribution in [1.29, 1.82) is 5.41 Å². The van der Waals surface area contributed by atoms with Crippen LogP contribution in [-0.4, -0.2) is 269 Å². The van der Waals surface area contributed by atoms with Gasteiger partial charge in [-0.05, 0) is 161 Å². The molecule has 5 aromatic rings. The smallest absolute Gasteiger partial charge is 0.317 e. The summed E-state index contributed by atoms with van der Waals surface area (Å²) >= 11 is 0.918. The monoisotopic (exact) mass is 1730 g/mol. The average Bonchev–Trinajstić information content (AvgIpc) is 0.795. The highest BCUT2D eigenvalue weighted by atomic mass is 32.2. The number of ether oxygens (including phenoxy) is 1.